The summed E-state index contributed by atoms with van der Waals surface area (Å²) in [7, 11) is 0. The molecular formula is C15H18N4O3S. The molecule has 1 saturated heterocycles. The van der Waals surface area contributed by atoms with Crippen molar-refractivity contribution in [2.24, 2.45) is 0 Å². The SMILES string of the molecule is CC(=O)N1CCN(C(=O)CCn2cnc3sccc3c2=O)CC1. The van der Waals surface area contributed by atoms with E-state index in [0.29, 0.717) is 38.1 Å². The highest BCUT2D eigenvalue weighted by molar-refractivity contribution is 7.16. The molecule has 1 aliphatic rings. The van der Waals surface area contributed by atoms with Crippen LogP contribution in [-0.2, 0) is 16.1 Å². The van der Waals surface area contributed by atoms with Crippen molar-refractivity contribution in [1.29, 1.82) is 0 Å². The molecular weight excluding hydrogens is 316 g/mol. The minimum absolute atomic E-state index is 0.00511. The van der Waals surface area contributed by atoms with Gasteiger partial charge in [0.05, 0.1) is 11.7 Å². The molecule has 0 atom stereocenters. The Hall–Kier alpha value is -2.22. The van der Waals surface area contributed by atoms with Crippen molar-refractivity contribution in [2.45, 2.75) is 19.9 Å². The Balaban J connectivity index is 1.59. The summed E-state index contributed by atoms with van der Waals surface area (Å²) in [6.07, 6.45) is 1.76. The molecule has 0 N–H and O–H groups in total. The van der Waals surface area contributed by atoms with Crippen LogP contribution in [0.15, 0.2) is 22.6 Å². The summed E-state index contributed by atoms with van der Waals surface area (Å²) in [4.78, 5) is 44.2. The van der Waals surface area contributed by atoms with Gasteiger partial charge in [0.1, 0.15) is 4.83 Å². The summed E-state index contributed by atoms with van der Waals surface area (Å²) < 4.78 is 1.48. The van der Waals surface area contributed by atoms with Gasteiger partial charge in [0, 0.05) is 46.1 Å². The van der Waals surface area contributed by atoms with Gasteiger partial charge >= 0.3 is 0 Å². The fourth-order valence-corrected chi connectivity index (χ4v) is 3.42. The monoisotopic (exact) mass is 334 g/mol. The van der Waals surface area contributed by atoms with E-state index < -0.39 is 0 Å². The number of hydrogen-bond acceptors (Lipinski definition) is 5. The fourth-order valence-electron chi connectivity index (χ4n) is 2.70. The minimum Gasteiger partial charge on any atom is -0.339 e. The molecule has 3 heterocycles. The molecule has 1 aliphatic heterocycles. The van der Waals surface area contributed by atoms with Crippen LogP contribution >= 0.6 is 11.3 Å². The topological polar surface area (TPSA) is 75.5 Å². The van der Waals surface area contributed by atoms with Crippen molar-refractivity contribution in [3.8, 4) is 0 Å². The normalized spacial score (nSPS) is 15.2. The number of piperazine rings is 1. The quantitative estimate of drug-likeness (QED) is 0.821. The van der Waals surface area contributed by atoms with Crippen LogP contribution < -0.4 is 5.56 Å². The predicted molar refractivity (Wildman–Crippen MR) is 87.3 cm³/mol. The Bertz CT molecular complexity index is 789. The van der Waals surface area contributed by atoms with Crippen LogP contribution in [0.2, 0.25) is 0 Å². The van der Waals surface area contributed by atoms with Crippen molar-refractivity contribution in [3.05, 3.63) is 28.1 Å². The fraction of sp³-hybridized carbons (Fsp3) is 0.467. The van der Waals surface area contributed by atoms with Crippen molar-refractivity contribution in [3.63, 3.8) is 0 Å². The first-order chi connectivity index (χ1) is 11.1. The smallest absolute Gasteiger partial charge is 0.262 e. The van der Waals surface area contributed by atoms with E-state index in [-0.39, 0.29) is 23.8 Å². The van der Waals surface area contributed by atoms with E-state index in [1.54, 1.807) is 15.9 Å². The number of carbonyl (C=O) groups is 2. The van der Waals surface area contributed by atoms with Gasteiger partial charge in [-0.2, -0.15) is 0 Å². The van der Waals surface area contributed by atoms with E-state index in [4.69, 9.17) is 0 Å². The van der Waals surface area contributed by atoms with Crippen molar-refractivity contribution in [2.75, 3.05) is 26.2 Å². The maximum Gasteiger partial charge on any atom is 0.262 e. The Morgan fingerprint density at radius 2 is 1.91 bits per heavy atom. The summed E-state index contributed by atoms with van der Waals surface area (Å²) in [5, 5.41) is 2.43. The summed E-state index contributed by atoms with van der Waals surface area (Å²) in [6.45, 7) is 4.11. The van der Waals surface area contributed by atoms with Gasteiger partial charge in [0.2, 0.25) is 11.8 Å². The third-order valence-electron chi connectivity index (χ3n) is 4.09. The van der Waals surface area contributed by atoms with Crippen molar-refractivity contribution in [1.82, 2.24) is 19.4 Å². The highest BCUT2D eigenvalue weighted by atomic mass is 32.1. The first-order valence-electron chi connectivity index (χ1n) is 7.52. The van der Waals surface area contributed by atoms with Crippen molar-refractivity contribution < 1.29 is 9.59 Å². The highest BCUT2D eigenvalue weighted by Crippen LogP contribution is 2.13. The van der Waals surface area contributed by atoms with Gasteiger partial charge in [-0.1, -0.05) is 0 Å². The molecule has 0 aliphatic carbocycles. The number of aromatic nitrogens is 2. The molecule has 0 saturated carbocycles. The molecule has 23 heavy (non-hydrogen) atoms. The molecule has 0 aromatic carbocycles. The number of aryl methyl sites for hydroxylation is 1. The van der Waals surface area contributed by atoms with Gasteiger partial charge in [-0.15, -0.1) is 11.3 Å². The molecule has 2 amide bonds. The molecule has 2 aromatic heterocycles. The lowest BCUT2D eigenvalue weighted by molar-refractivity contribution is -0.138. The summed E-state index contributed by atoms with van der Waals surface area (Å²) in [5.74, 6) is 0.0457. The van der Waals surface area contributed by atoms with Gasteiger partial charge in [0.15, 0.2) is 0 Å². The average molecular weight is 334 g/mol. The van der Waals surface area contributed by atoms with Crippen LogP contribution in [0.4, 0.5) is 0 Å². The lowest BCUT2D eigenvalue weighted by atomic mass is 10.2. The molecule has 0 bridgehead atoms. The number of fused-ring (bicyclic) bond motifs is 1. The van der Waals surface area contributed by atoms with E-state index >= 15 is 0 Å². The number of amides is 2. The standard InChI is InChI=1S/C15H18N4O3S/c1-11(20)17-5-7-18(8-6-17)13(21)2-4-19-10-16-14-12(15(19)22)3-9-23-14/h3,9-10H,2,4-8H2,1H3. The number of carbonyl (C=O) groups excluding carboxylic acids is 2. The Morgan fingerprint density at radius 1 is 1.22 bits per heavy atom. The lowest BCUT2D eigenvalue weighted by Gasteiger charge is -2.34. The van der Waals surface area contributed by atoms with E-state index in [0.717, 1.165) is 4.83 Å². The minimum atomic E-state index is -0.106. The highest BCUT2D eigenvalue weighted by Gasteiger charge is 2.22. The summed E-state index contributed by atoms with van der Waals surface area (Å²) >= 11 is 1.43. The zero-order chi connectivity index (χ0) is 16.4. The molecule has 3 rings (SSSR count). The molecule has 0 radical (unpaired) electrons. The van der Waals surface area contributed by atoms with E-state index in [1.165, 1.54) is 29.2 Å². The Labute approximate surface area is 137 Å². The van der Waals surface area contributed by atoms with E-state index in [9.17, 15) is 14.4 Å². The van der Waals surface area contributed by atoms with Gasteiger partial charge in [0.25, 0.3) is 5.56 Å². The maximum absolute atomic E-state index is 12.3. The van der Waals surface area contributed by atoms with Crippen molar-refractivity contribution >= 4 is 33.4 Å². The molecule has 0 unspecified atom stereocenters. The second kappa shape index (κ2) is 6.49. The second-order valence-electron chi connectivity index (χ2n) is 5.52. The van der Waals surface area contributed by atoms with Gasteiger partial charge in [-0.25, -0.2) is 4.98 Å². The van der Waals surface area contributed by atoms with Crippen LogP contribution in [0.3, 0.4) is 0 Å². The summed E-state index contributed by atoms with van der Waals surface area (Å²) in [5.41, 5.74) is -0.106. The molecule has 0 spiro atoms. The van der Waals surface area contributed by atoms with Gasteiger partial charge in [-0.05, 0) is 11.4 Å². The van der Waals surface area contributed by atoms with Crippen LogP contribution in [0.5, 0.6) is 0 Å². The molecule has 8 heteroatoms. The first kappa shape index (κ1) is 15.7. The number of hydrogen-bond donors (Lipinski definition) is 0. The third kappa shape index (κ3) is 3.26. The average Bonchev–Trinajstić information content (AvgIpc) is 3.03. The van der Waals surface area contributed by atoms with Gasteiger partial charge in [-0.3, -0.25) is 19.0 Å². The summed E-state index contributed by atoms with van der Waals surface area (Å²) in [6, 6.07) is 1.76. The van der Waals surface area contributed by atoms with E-state index in [1.807, 2.05) is 5.38 Å². The lowest BCUT2D eigenvalue weighted by Crippen LogP contribution is -2.50. The molecule has 2 aromatic rings. The molecule has 122 valence electrons. The van der Waals surface area contributed by atoms with Crippen LogP contribution in [0.25, 0.3) is 10.2 Å². The van der Waals surface area contributed by atoms with Crippen LogP contribution in [0.1, 0.15) is 13.3 Å². The van der Waals surface area contributed by atoms with Crippen LogP contribution in [0, 0.1) is 0 Å². The van der Waals surface area contributed by atoms with Crippen LogP contribution in [-0.4, -0.2) is 57.3 Å². The zero-order valence-electron chi connectivity index (χ0n) is 12.9. The second-order valence-corrected chi connectivity index (χ2v) is 6.41. The zero-order valence-corrected chi connectivity index (χ0v) is 13.7. The first-order valence-corrected chi connectivity index (χ1v) is 8.40. The number of rotatable bonds is 3. The number of thiophene rings is 1. The molecule has 7 nitrogen and oxygen atoms in total. The Morgan fingerprint density at radius 3 is 2.61 bits per heavy atom. The van der Waals surface area contributed by atoms with Gasteiger partial charge < -0.3 is 9.80 Å². The maximum atomic E-state index is 12.3. The number of nitrogens with zero attached hydrogens (tertiary/aromatic N) is 4. The third-order valence-corrected chi connectivity index (χ3v) is 4.92. The Kier molecular flexibility index (Phi) is 4.42. The predicted octanol–water partition coefficient (Wildman–Crippen LogP) is 0.539. The largest absolute Gasteiger partial charge is 0.339 e. The molecule has 1 fully saturated rings. The van der Waals surface area contributed by atoms with E-state index in [2.05, 4.69) is 4.98 Å².